The van der Waals surface area contributed by atoms with Crippen molar-refractivity contribution in [3.8, 4) is 5.75 Å². The number of aliphatic hydroxyl groups excluding tert-OH is 1. The number of carboxylic acid groups (broad SMARTS) is 1. The van der Waals surface area contributed by atoms with Gasteiger partial charge in [0.1, 0.15) is 5.75 Å². The zero-order valence-corrected chi connectivity index (χ0v) is 15.7. The number of anilines is 2. The molecule has 0 heterocycles. The second-order valence-electron chi connectivity index (χ2n) is 6.08. The number of rotatable bonds is 6. The summed E-state index contributed by atoms with van der Waals surface area (Å²) in [4.78, 5) is 11.3. The largest absolute Gasteiger partial charge is 0.478 e. The van der Waals surface area contributed by atoms with Crippen molar-refractivity contribution in [2.45, 2.75) is 11.8 Å². The van der Waals surface area contributed by atoms with E-state index in [1.807, 2.05) is 0 Å². The number of carbonyl (C=O) groups is 1. The Balaban J connectivity index is 2.12. The number of nitrogen functional groups attached to an aromatic ring is 1. The van der Waals surface area contributed by atoms with Crippen molar-refractivity contribution >= 4 is 38.1 Å². The number of benzene rings is 3. The summed E-state index contributed by atoms with van der Waals surface area (Å²) in [6.45, 7) is 1.02. The lowest BCUT2D eigenvalue weighted by molar-refractivity contribution is 0.0693. The van der Waals surface area contributed by atoms with Crippen LogP contribution in [0.5, 0.6) is 5.75 Å². The summed E-state index contributed by atoms with van der Waals surface area (Å²) < 4.78 is 33.4. The lowest BCUT2D eigenvalue weighted by Crippen LogP contribution is -2.15. The summed E-state index contributed by atoms with van der Waals surface area (Å²) in [7, 11) is -4.07. The van der Waals surface area contributed by atoms with Crippen molar-refractivity contribution in [3.63, 3.8) is 0 Å². The number of nitrogens with one attached hydrogen (secondary N) is 1. The standard InChI is InChI=1S/C19H18N2O6S/c1-11-6-17(15-4-2-3-5-16(15)18(11)20)28(25,26)21-13-7-12(19(23)24)8-14(9-13)27-10-22/h2-9,21-22H,10,20H2,1H3,(H,23,24). The monoisotopic (exact) mass is 402 g/mol. The van der Waals surface area contributed by atoms with Gasteiger partial charge in [0.15, 0.2) is 6.79 Å². The van der Waals surface area contributed by atoms with Crippen LogP contribution in [0.4, 0.5) is 11.4 Å². The molecule has 0 aromatic heterocycles. The fourth-order valence-corrected chi connectivity index (χ4v) is 4.21. The fourth-order valence-electron chi connectivity index (χ4n) is 2.87. The van der Waals surface area contributed by atoms with Gasteiger partial charge in [0, 0.05) is 22.5 Å². The number of ether oxygens (including phenoxy) is 1. The smallest absolute Gasteiger partial charge is 0.335 e. The molecule has 28 heavy (non-hydrogen) atoms. The summed E-state index contributed by atoms with van der Waals surface area (Å²) in [5, 5.41) is 19.2. The van der Waals surface area contributed by atoms with Crippen LogP contribution in [0.15, 0.2) is 53.4 Å². The van der Waals surface area contributed by atoms with E-state index in [1.54, 1.807) is 31.2 Å². The van der Waals surface area contributed by atoms with Crippen molar-refractivity contribution in [3.05, 3.63) is 59.7 Å². The van der Waals surface area contributed by atoms with E-state index in [0.717, 1.165) is 6.07 Å². The molecule has 0 spiro atoms. The molecule has 0 bridgehead atoms. The van der Waals surface area contributed by atoms with Crippen LogP contribution in [0.1, 0.15) is 15.9 Å². The third kappa shape index (κ3) is 3.71. The van der Waals surface area contributed by atoms with E-state index in [4.69, 9.17) is 15.6 Å². The molecule has 146 valence electrons. The van der Waals surface area contributed by atoms with Crippen LogP contribution in [0.3, 0.4) is 0 Å². The Morgan fingerprint density at radius 3 is 2.46 bits per heavy atom. The third-order valence-corrected chi connectivity index (χ3v) is 5.60. The van der Waals surface area contributed by atoms with Crippen LogP contribution < -0.4 is 15.2 Å². The van der Waals surface area contributed by atoms with Gasteiger partial charge in [-0.3, -0.25) is 4.72 Å². The summed E-state index contributed by atoms with van der Waals surface area (Å²) >= 11 is 0. The van der Waals surface area contributed by atoms with Crippen LogP contribution in [0.2, 0.25) is 0 Å². The van der Waals surface area contributed by atoms with E-state index in [9.17, 15) is 18.3 Å². The number of fused-ring (bicyclic) bond motifs is 1. The minimum Gasteiger partial charge on any atom is -0.478 e. The number of nitrogens with two attached hydrogens (primary N) is 1. The highest BCUT2D eigenvalue weighted by Gasteiger charge is 2.21. The van der Waals surface area contributed by atoms with E-state index in [1.165, 1.54) is 18.2 Å². The molecule has 0 unspecified atom stereocenters. The predicted molar refractivity (Wildman–Crippen MR) is 105 cm³/mol. The highest BCUT2D eigenvalue weighted by Crippen LogP contribution is 2.32. The average Bonchev–Trinajstić information content (AvgIpc) is 2.64. The minimum atomic E-state index is -4.07. The van der Waals surface area contributed by atoms with Crippen LogP contribution in [0.25, 0.3) is 10.8 Å². The Morgan fingerprint density at radius 2 is 1.82 bits per heavy atom. The van der Waals surface area contributed by atoms with Gasteiger partial charge in [-0.1, -0.05) is 24.3 Å². The molecule has 5 N–H and O–H groups in total. The first-order valence-electron chi connectivity index (χ1n) is 8.15. The lowest BCUT2D eigenvalue weighted by atomic mass is 10.1. The van der Waals surface area contributed by atoms with E-state index >= 15 is 0 Å². The predicted octanol–water partition coefficient (Wildman–Crippen LogP) is 2.56. The summed E-state index contributed by atoms with van der Waals surface area (Å²) in [5.41, 5.74) is 6.95. The molecular weight excluding hydrogens is 384 g/mol. The Hall–Kier alpha value is -3.30. The Morgan fingerprint density at radius 1 is 1.14 bits per heavy atom. The number of aromatic carboxylic acids is 1. The molecule has 0 aliphatic carbocycles. The first-order chi connectivity index (χ1) is 13.2. The number of aryl methyl sites for hydroxylation is 1. The maximum Gasteiger partial charge on any atom is 0.335 e. The van der Waals surface area contributed by atoms with Crippen LogP contribution in [-0.2, 0) is 10.0 Å². The van der Waals surface area contributed by atoms with Gasteiger partial charge in [0.25, 0.3) is 10.0 Å². The van der Waals surface area contributed by atoms with Crippen molar-refractivity contribution in [2.24, 2.45) is 0 Å². The average molecular weight is 402 g/mol. The highest BCUT2D eigenvalue weighted by molar-refractivity contribution is 7.93. The molecule has 0 saturated heterocycles. The first-order valence-corrected chi connectivity index (χ1v) is 9.64. The van der Waals surface area contributed by atoms with Gasteiger partial charge in [-0.25, -0.2) is 13.2 Å². The molecule has 3 rings (SSSR count). The van der Waals surface area contributed by atoms with Gasteiger partial charge in [0.2, 0.25) is 0 Å². The quantitative estimate of drug-likeness (QED) is 0.367. The highest BCUT2D eigenvalue weighted by atomic mass is 32.2. The molecule has 0 aliphatic rings. The molecule has 0 aliphatic heterocycles. The zero-order valence-electron chi connectivity index (χ0n) is 14.8. The number of hydrogen-bond acceptors (Lipinski definition) is 6. The van der Waals surface area contributed by atoms with Gasteiger partial charge in [-0.05, 0) is 30.7 Å². The maximum absolute atomic E-state index is 13.0. The Bertz CT molecular complexity index is 1170. The Labute approximate surface area is 161 Å². The molecule has 3 aromatic rings. The fraction of sp³-hybridized carbons (Fsp3) is 0.105. The maximum atomic E-state index is 13.0. The number of carboxylic acids is 1. The zero-order chi connectivity index (χ0) is 20.5. The lowest BCUT2D eigenvalue weighted by Gasteiger charge is -2.15. The number of hydrogen-bond donors (Lipinski definition) is 4. The van der Waals surface area contributed by atoms with Gasteiger partial charge >= 0.3 is 5.97 Å². The van der Waals surface area contributed by atoms with E-state index in [-0.39, 0.29) is 21.9 Å². The number of aliphatic hydroxyl groups is 1. The van der Waals surface area contributed by atoms with Gasteiger partial charge in [0.05, 0.1) is 16.1 Å². The summed E-state index contributed by atoms with van der Waals surface area (Å²) in [6.07, 6.45) is 0. The minimum absolute atomic E-state index is 0.0121. The van der Waals surface area contributed by atoms with Gasteiger partial charge in [-0.15, -0.1) is 0 Å². The van der Waals surface area contributed by atoms with E-state index in [2.05, 4.69) is 4.72 Å². The molecular formula is C19H18N2O6S. The molecule has 0 radical (unpaired) electrons. The molecule has 0 saturated carbocycles. The SMILES string of the molecule is Cc1cc(S(=O)(=O)Nc2cc(OCO)cc(C(=O)O)c2)c2ccccc2c1N. The van der Waals surface area contributed by atoms with Crippen molar-refractivity contribution < 1.29 is 28.2 Å². The molecule has 0 fully saturated rings. The molecule has 3 aromatic carbocycles. The van der Waals surface area contributed by atoms with Crippen LogP contribution in [0, 0.1) is 6.92 Å². The van der Waals surface area contributed by atoms with E-state index < -0.39 is 22.8 Å². The van der Waals surface area contributed by atoms with Gasteiger partial charge in [-0.2, -0.15) is 0 Å². The molecule has 0 amide bonds. The van der Waals surface area contributed by atoms with Crippen molar-refractivity contribution in [1.29, 1.82) is 0 Å². The van der Waals surface area contributed by atoms with Crippen LogP contribution >= 0.6 is 0 Å². The van der Waals surface area contributed by atoms with Crippen molar-refractivity contribution in [1.82, 2.24) is 0 Å². The molecule has 8 nitrogen and oxygen atoms in total. The van der Waals surface area contributed by atoms with Crippen LogP contribution in [-0.4, -0.2) is 31.4 Å². The van der Waals surface area contributed by atoms with E-state index in [0.29, 0.717) is 22.0 Å². The third-order valence-electron chi connectivity index (χ3n) is 4.18. The summed E-state index contributed by atoms with van der Waals surface area (Å²) in [5.74, 6) is -1.25. The van der Waals surface area contributed by atoms with Crippen molar-refractivity contribution in [2.75, 3.05) is 17.2 Å². The molecule has 0 atom stereocenters. The second kappa shape index (κ2) is 7.37. The first kappa shape index (κ1) is 19.5. The topological polar surface area (TPSA) is 139 Å². The Kier molecular flexibility index (Phi) is 5.12. The normalized spacial score (nSPS) is 11.4. The van der Waals surface area contributed by atoms with Gasteiger partial charge < -0.3 is 20.7 Å². The molecule has 9 heteroatoms. The summed E-state index contributed by atoms with van der Waals surface area (Å²) in [6, 6.07) is 11.9. The number of sulfonamides is 1. The second-order valence-corrected chi connectivity index (χ2v) is 7.73.